The lowest BCUT2D eigenvalue weighted by Gasteiger charge is -2.09. The Balaban J connectivity index is 2.35. The first-order valence-corrected chi connectivity index (χ1v) is 5.93. The summed E-state index contributed by atoms with van der Waals surface area (Å²) in [6.07, 6.45) is 3.16. The van der Waals surface area contributed by atoms with Gasteiger partial charge in [-0.05, 0) is 25.4 Å². The number of anilines is 1. The Labute approximate surface area is 87.8 Å². The van der Waals surface area contributed by atoms with E-state index < -0.39 is 0 Å². The van der Waals surface area contributed by atoms with Crippen molar-refractivity contribution in [3.8, 4) is 0 Å². The van der Waals surface area contributed by atoms with Crippen LogP contribution in [-0.2, 0) is 6.54 Å². The minimum absolute atomic E-state index is 0.286. The number of aromatic nitrogens is 2. The molecule has 0 saturated carbocycles. The Morgan fingerprint density at radius 2 is 2.36 bits per heavy atom. The summed E-state index contributed by atoms with van der Waals surface area (Å²) in [5, 5.41) is 10.7. The van der Waals surface area contributed by atoms with Crippen LogP contribution in [0.2, 0.25) is 0 Å². The molecule has 6 heteroatoms. The van der Waals surface area contributed by atoms with Gasteiger partial charge < -0.3 is 15.5 Å². The molecule has 1 aromatic heterocycles. The van der Waals surface area contributed by atoms with Crippen molar-refractivity contribution >= 4 is 17.8 Å². The third-order valence-corrected chi connectivity index (χ3v) is 2.41. The van der Waals surface area contributed by atoms with E-state index >= 15 is 0 Å². The molecule has 0 amide bonds. The van der Waals surface area contributed by atoms with Crippen molar-refractivity contribution in [3.05, 3.63) is 5.89 Å². The van der Waals surface area contributed by atoms with Crippen LogP contribution in [0.5, 0.6) is 0 Å². The fourth-order valence-corrected chi connectivity index (χ4v) is 1.56. The highest BCUT2D eigenvalue weighted by atomic mass is 32.2. The standard InChI is InChI=1S/C8H16N4OS/c1-6(3-4-14-2)10-8-12-11-7(5-9)13-8/h6H,3-5,9H2,1-2H3,(H,10,12). The second kappa shape index (κ2) is 5.87. The molecular weight excluding hydrogens is 200 g/mol. The molecule has 1 atom stereocenters. The molecular formula is C8H16N4OS. The Morgan fingerprint density at radius 1 is 1.57 bits per heavy atom. The molecule has 1 heterocycles. The van der Waals surface area contributed by atoms with Crippen LogP contribution in [-0.4, -0.2) is 28.2 Å². The van der Waals surface area contributed by atoms with Gasteiger partial charge in [-0.3, -0.25) is 0 Å². The van der Waals surface area contributed by atoms with Crippen LogP contribution in [0.1, 0.15) is 19.2 Å². The highest BCUT2D eigenvalue weighted by Crippen LogP contribution is 2.09. The van der Waals surface area contributed by atoms with Crippen LogP contribution >= 0.6 is 11.8 Å². The molecule has 0 aliphatic heterocycles. The normalized spacial score (nSPS) is 12.8. The highest BCUT2D eigenvalue weighted by Gasteiger charge is 2.07. The molecule has 5 nitrogen and oxygen atoms in total. The van der Waals surface area contributed by atoms with E-state index in [1.165, 1.54) is 0 Å². The first kappa shape index (κ1) is 11.3. The Hall–Kier alpha value is -0.750. The van der Waals surface area contributed by atoms with Gasteiger partial charge in [0.1, 0.15) is 0 Å². The van der Waals surface area contributed by atoms with Crippen LogP contribution in [0.3, 0.4) is 0 Å². The van der Waals surface area contributed by atoms with Gasteiger partial charge in [-0.1, -0.05) is 5.10 Å². The van der Waals surface area contributed by atoms with Crippen LogP contribution in [0.15, 0.2) is 4.42 Å². The molecule has 0 bridgehead atoms. The smallest absolute Gasteiger partial charge is 0.315 e. The molecule has 14 heavy (non-hydrogen) atoms. The van der Waals surface area contributed by atoms with Crippen molar-refractivity contribution in [2.24, 2.45) is 5.73 Å². The lowest BCUT2D eigenvalue weighted by molar-refractivity contribution is 0.501. The van der Waals surface area contributed by atoms with Gasteiger partial charge in [0.2, 0.25) is 5.89 Å². The first-order chi connectivity index (χ1) is 6.76. The van der Waals surface area contributed by atoms with Gasteiger partial charge in [0.15, 0.2) is 0 Å². The lowest BCUT2D eigenvalue weighted by atomic mass is 10.3. The number of nitrogens with one attached hydrogen (secondary N) is 1. The van der Waals surface area contributed by atoms with Crippen molar-refractivity contribution < 1.29 is 4.42 Å². The van der Waals surface area contributed by atoms with Crippen molar-refractivity contribution in [2.75, 3.05) is 17.3 Å². The second-order valence-corrected chi connectivity index (χ2v) is 4.02. The zero-order chi connectivity index (χ0) is 10.4. The molecule has 0 spiro atoms. The Bertz CT molecular complexity index is 266. The van der Waals surface area contributed by atoms with Gasteiger partial charge in [-0.2, -0.15) is 11.8 Å². The average Bonchev–Trinajstić information content (AvgIpc) is 2.62. The van der Waals surface area contributed by atoms with Gasteiger partial charge in [0, 0.05) is 6.04 Å². The quantitative estimate of drug-likeness (QED) is 0.741. The van der Waals surface area contributed by atoms with E-state index in [0.717, 1.165) is 12.2 Å². The second-order valence-electron chi connectivity index (χ2n) is 3.03. The van der Waals surface area contributed by atoms with Crippen LogP contribution in [0.4, 0.5) is 6.01 Å². The maximum absolute atomic E-state index is 5.35. The molecule has 0 aromatic carbocycles. The maximum atomic E-state index is 5.35. The summed E-state index contributed by atoms with van der Waals surface area (Å²) in [5.74, 6) is 1.58. The van der Waals surface area contributed by atoms with E-state index in [2.05, 4.69) is 28.7 Å². The summed E-state index contributed by atoms with van der Waals surface area (Å²) in [6.45, 7) is 2.37. The summed E-state index contributed by atoms with van der Waals surface area (Å²) in [4.78, 5) is 0. The Morgan fingerprint density at radius 3 is 2.93 bits per heavy atom. The van der Waals surface area contributed by atoms with E-state index in [4.69, 9.17) is 10.2 Å². The molecule has 1 aromatic rings. The van der Waals surface area contributed by atoms with E-state index in [1.54, 1.807) is 0 Å². The summed E-state index contributed by atoms with van der Waals surface area (Å²) in [5.41, 5.74) is 5.35. The molecule has 1 unspecified atom stereocenters. The van der Waals surface area contributed by atoms with E-state index in [-0.39, 0.29) is 6.54 Å². The number of rotatable bonds is 6. The van der Waals surface area contributed by atoms with Gasteiger partial charge in [0.05, 0.1) is 6.54 Å². The van der Waals surface area contributed by atoms with Gasteiger partial charge >= 0.3 is 6.01 Å². The predicted molar refractivity (Wildman–Crippen MR) is 58.3 cm³/mol. The lowest BCUT2D eigenvalue weighted by Crippen LogP contribution is -2.16. The van der Waals surface area contributed by atoms with Gasteiger partial charge in [0.25, 0.3) is 0 Å². The zero-order valence-corrected chi connectivity index (χ0v) is 9.30. The minimum Gasteiger partial charge on any atom is -0.407 e. The number of thioether (sulfide) groups is 1. The fourth-order valence-electron chi connectivity index (χ4n) is 0.972. The molecule has 0 saturated heterocycles. The van der Waals surface area contributed by atoms with Crippen molar-refractivity contribution in [1.82, 2.24) is 10.2 Å². The Kier molecular flexibility index (Phi) is 4.75. The summed E-state index contributed by atoms with van der Waals surface area (Å²) >= 11 is 1.82. The molecule has 3 N–H and O–H groups in total. The highest BCUT2D eigenvalue weighted by molar-refractivity contribution is 7.98. The van der Waals surface area contributed by atoms with Gasteiger partial charge in [-0.15, -0.1) is 5.10 Å². The molecule has 0 radical (unpaired) electrons. The molecule has 0 aliphatic carbocycles. The third-order valence-electron chi connectivity index (χ3n) is 1.77. The average molecular weight is 216 g/mol. The minimum atomic E-state index is 0.286. The van der Waals surface area contributed by atoms with Crippen molar-refractivity contribution in [3.63, 3.8) is 0 Å². The number of nitrogens with zero attached hydrogens (tertiary/aromatic N) is 2. The fraction of sp³-hybridized carbons (Fsp3) is 0.750. The van der Waals surface area contributed by atoms with E-state index in [9.17, 15) is 0 Å². The third kappa shape index (κ3) is 3.55. The van der Waals surface area contributed by atoms with E-state index in [1.807, 2.05) is 11.8 Å². The topological polar surface area (TPSA) is 77.0 Å². The monoisotopic (exact) mass is 216 g/mol. The van der Waals surface area contributed by atoms with Crippen LogP contribution in [0.25, 0.3) is 0 Å². The van der Waals surface area contributed by atoms with E-state index in [0.29, 0.717) is 17.9 Å². The number of nitrogens with two attached hydrogens (primary N) is 1. The number of hydrogen-bond donors (Lipinski definition) is 2. The molecule has 0 fully saturated rings. The van der Waals surface area contributed by atoms with Crippen LogP contribution < -0.4 is 11.1 Å². The maximum Gasteiger partial charge on any atom is 0.315 e. The predicted octanol–water partition coefficient (Wildman–Crippen LogP) is 1.08. The summed E-state index contributed by atoms with van der Waals surface area (Å²) in [7, 11) is 0. The molecule has 80 valence electrons. The molecule has 1 rings (SSSR count). The summed E-state index contributed by atoms with van der Waals surface area (Å²) in [6, 6.07) is 0.799. The number of hydrogen-bond acceptors (Lipinski definition) is 6. The summed E-state index contributed by atoms with van der Waals surface area (Å²) < 4.78 is 5.22. The van der Waals surface area contributed by atoms with Crippen molar-refractivity contribution in [2.45, 2.75) is 25.9 Å². The van der Waals surface area contributed by atoms with Crippen molar-refractivity contribution in [1.29, 1.82) is 0 Å². The first-order valence-electron chi connectivity index (χ1n) is 4.54. The largest absolute Gasteiger partial charge is 0.407 e. The van der Waals surface area contributed by atoms with Crippen LogP contribution in [0, 0.1) is 0 Å². The SMILES string of the molecule is CSCCC(C)Nc1nnc(CN)o1. The molecule has 0 aliphatic rings. The van der Waals surface area contributed by atoms with Gasteiger partial charge in [-0.25, -0.2) is 0 Å². The zero-order valence-electron chi connectivity index (χ0n) is 8.49.